The van der Waals surface area contributed by atoms with Crippen LogP contribution in [-0.4, -0.2) is 24.1 Å². The maximum atomic E-state index is 4.66. The van der Waals surface area contributed by atoms with Gasteiger partial charge in [0.1, 0.15) is 5.82 Å². The van der Waals surface area contributed by atoms with Gasteiger partial charge in [0.25, 0.3) is 0 Å². The zero-order chi connectivity index (χ0) is 14.6. The number of hydrogen-bond donors (Lipinski definition) is 1. The van der Waals surface area contributed by atoms with Crippen molar-refractivity contribution >= 4 is 5.82 Å². The van der Waals surface area contributed by atoms with Gasteiger partial charge < -0.3 is 10.2 Å². The minimum Gasteiger partial charge on any atom is -0.356 e. The standard InChI is InChI=1S/C17H29N3/c1-5-17(6-2)9-10-20(13-17)16-8-7-15(12-19-16)11-18-14(3)4/h7-8,12,14,18H,5-6,9-11,13H2,1-4H3. The number of aromatic nitrogens is 1. The first kappa shape index (κ1) is 15.3. The molecule has 0 radical (unpaired) electrons. The molecule has 0 aliphatic carbocycles. The summed E-state index contributed by atoms with van der Waals surface area (Å²) in [5.74, 6) is 1.14. The van der Waals surface area contributed by atoms with Crippen molar-refractivity contribution in [3.8, 4) is 0 Å². The molecule has 1 N–H and O–H groups in total. The van der Waals surface area contributed by atoms with Crippen LogP contribution in [0.1, 0.15) is 52.5 Å². The van der Waals surface area contributed by atoms with Gasteiger partial charge in [-0.2, -0.15) is 0 Å². The number of pyridine rings is 1. The van der Waals surface area contributed by atoms with Gasteiger partial charge in [-0.25, -0.2) is 4.98 Å². The Morgan fingerprint density at radius 3 is 2.55 bits per heavy atom. The predicted octanol–water partition coefficient (Wildman–Crippen LogP) is 3.60. The van der Waals surface area contributed by atoms with Gasteiger partial charge in [0.15, 0.2) is 0 Å². The Labute approximate surface area is 123 Å². The minimum atomic E-state index is 0.513. The molecule has 20 heavy (non-hydrogen) atoms. The molecule has 1 aromatic rings. The van der Waals surface area contributed by atoms with E-state index in [9.17, 15) is 0 Å². The molecule has 1 aliphatic heterocycles. The maximum Gasteiger partial charge on any atom is 0.128 e. The van der Waals surface area contributed by atoms with Crippen LogP contribution in [0.25, 0.3) is 0 Å². The Bertz CT molecular complexity index is 407. The Balaban J connectivity index is 1.97. The molecular formula is C17H29N3. The van der Waals surface area contributed by atoms with Gasteiger partial charge in [-0.3, -0.25) is 0 Å². The van der Waals surface area contributed by atoms with Gasteiger partial charge in [0.2, 0.25) is 0 Å². The number of nitrogens with zero attached hydrogens (tertiary/aromatic N) is 2. The highest BCUT2D eigenvalue weighted by atomic mass is 15.2. The summed E-state index contributed by atoms with van der Waals surface area (Å²) in [4.78, 5) is 7.11. The summed E-state index contributed by atoms with van der Waals surface area (Å²) in [7, 11) is 0. The largest absolute Gasteiger partial charge is 0.356 e. The molecule has 2 heterocycles. The van der Waals surface area contributed by atoms with Crippen molar-refractivity contribution in [2.75, 3.05) is 18.0 Å². The van der Waals surface area contributed by atoms with Crippen molar-refractivity contribution in [3.05, 3.63) is 23.9 Å². The molecule has 1 aromatic heterocycles. The second-order valence-electron chi connectivity index (χ2n) is 6.44. The van der Waals surface area contributed by atoms with Gasteiger partial charge >= 0.3 is 0 Å². The number of hydrogen-bond acceptors (Lipinski definition) is 3. The van der Waals surface area contributed by atoms with Crippen LogP contribution < -0.4 is 10.2 Å². The monoisotopic (exact) mass is 275 g/mol. The second-order valence-corrected chi connectivity index (χ2v) is 6.44. The fourth-order valence-electron chi connectivity index (χ4n) is 2.99. The van der Waals surface area contributed by atoms with Gasteiger partial charge in [0.05, 0.1) is 0 Å². The summed E-state index contributed by atoms with van der Waals surface area (Å²) < 4.78 is 0. The smallest absolute Gasteiger partial charge is 0.128 e. The van der Waals surface area contributed by atoms with Gasteiger partial charge in [0, 0.05) is 31.9 Å². The van der Waals surface area contributed by atoms with E-state index in [0.717, 1.165) is 25.5 Å². The molecule has 0 saturated carbocycles. The zero-order valence-corrected chi connectivity index (χ0v) is 13.4. The third-order valence-electron chi connectivity index (χ3n) is 4.79. The van der Waals surface area contributed by atoms with Crippen LogP contribution >= 0.6 is 0 Å². The molecular weight excluding hydrogens is 246 g/mol. The van der Waals surface area contributed by atoms with E-state index in [4.69, 9.17) is 0 Å². The molecule has 112 valence electrons. The molecule has 0 amide bonds. The van der Waals surface area contributed by atoms with Crippen LogP contribution in [0.4, 0.5) is 5.82 Å². The zero-order valence-electron chi connectivity index (χ0n) is 13.4. The lowest BCUT2D eigenvalue weighted by Crippen LogP contribution is -2.26. The Morgan fingerprint density at radius 2 is 2.05 bits per heavy atom. The topological polar surface area (TPSA) is 28.2 Å². The number of rotatable bonds is 6. The molecule has 1 saturated heterocycles. The van der Waals surface area contributed by atoms with Gasteiger partial charge in [-0.15, -0.1) is 0 Å². The minimum absolute atomic E-state index is 0.513. The van der Waals surface area contributed by atoms with Crippen molar-refractivity contribution in [1.29, 1.82) is 0 Å². The van der Waals surface area contributed by atoms with E-state index in [1.54, 1.807) is 0 Å². The van der Waals surface area contributed by atoms with E-state index in [1.165, 1.54) is 24.8 Å². The summed E-state index contributed by atoms with van der Waals surface area (Å²) in [5.41, 5.74) is 1.78. The van der Waals surface area contributed by atoms with Crippen molar-refractivity contribution in [2.45, 2.75) is 59.5 Å². The second kappa shape index (κ2) is 6.57. The van der Waals surface area contributed by atoms with Gasteiger partial charge in [-0.05, 0) is 36.3 Å². The Hall–Kier alpha value is -1.09. The van der Waals surface area contributed by atoms with Crippen molar-refractivity contribution < 1.29 is 0 Å². The van der Waals surface area contributed by atoms with E-state index in [-0.39, 0.29) is 0 Å². The third-order valence-corrected chi connectivity index (χ3v) is 4.79. The number of anilines is 1. The Kier molecular flexibility index (Phi) is 5.03. The molecule has 3 nitrogen and oxygen atoms in total. The van der Waals surface area contributed by atoms with Crippen LogP contribution in [0.3, 0.4) is 0 Å². The lowest BCUT2D eigenvalue weighted by Gasteiger charge is -2.26. The van der Waals surface area contributed by atoms with E-state index in [0.29, 0.717) is 11.5 Å². The van der Waals surface area contributed by atoms with Crippen LogP contribution in [0.15, 0.2) is 18.3 Å². The molecule has 0 aromatic carbocycles. The van der Waals surface area contributed by atoms with Crippen LogP contribution in [-0.2, 0) is 6.54 Å². The molecule has 1 fully saturated rings. The van der Waals surface area contributed by atoms with Gasteiger partial charge in [-0.1, -0.05) is 33.8 Å². The molecule has 0 unspecified atom stereocenters. The first-order valence-corrected chi connectivity index (χ1v) is 8.02. The quantitative estimate of drug-likeness (QED) is 0.860. The summed E-state index contributed by atoms with van der Waals surface area (Å²) in [5, 5.41) is 3.43. The highest BCUT2D eigenvalue weighted by Gasteiger charge is 2.35. The van der Waals surface area contributed by atoms with E-state index in [2.05, 4.69) is 55.0 Å². The average molecular weight is 275 g/mol. The van der Waals surface area contributed by atoms with E-state index in [1.807, 2.05) is 6.20 Å². The molecule has 0 spiro atoms. The SMILES string of the molecule is CCC1(CC)CCN(c2ccc(CNC(C)C)cn2)C1. The molecule has 0 atom stereocenters. The van der Waals surface area contributed by atoms with Crippen molar-refractivity contribution in [2.24, 2.45) is 5.41 Å². The number of nitrogens with one attached hydrogen (secondary N) is 1. The van der Waals surface area contributed by atoms with Crippen LogP contribution in [0.5, 0.6) is 0 Å². The first-order chi connectivity index (χ1) is 9.58. The van der Waals surface area contributed by atoms with E-state index < -0.39 is 0 Å². The predicted molar refractivity (Wildman–Crippen MR) is 86.1 cm³/mol. The highest BCUT2D eigenvalue weighted by Crippen LogP contribution is 2.38. The lowest BCUT2D eigenvalue weighted by molar-refractivity contribution is 0.301. The highest BCUT2D eigenvalue weighted by molar-refractivity contribution is 5.41. The van der Waals surface area contributed by atoms with Crippen molar-refractivity contribution in [1.82, 2.24) is 10.3 Å². The molecule has 1 aliphatic rings. The van der Waals surface area contributed by atoms with Crippen LogP contribution in [0.2, 0.25) is 0 Å². The fourth-order valence-corrected chi connectivity index (χ4v) is 2.99. The summed E-state index contributed by atoms with van der Waals surface area (Å²) >= 11 is 0. The maximum absolute atomic E-state index is 4.66. The summed E-state index contributed by atoms with van der Waals surface area (Å²) in [6.07, 6.45) is 5.87. The summed E-state index contributed by atoms with van der Waals surface area (Å²) in [6.45, 7) is 12.2. The third kappa shape index (κ3) is 3.51. The van der Waals surface area contributed by atoms with E-state index >= 15 is 0 Å². The first-order valence-electron chi connectivity index (χ1n) is 8.02. The Morgan fingerprint density at radius 1 is 1.30 bits per heavy atom. The normalized spacial score (nSPS) is 17.9. The van der Waals surface area contributed by atoms with Crippen molar-refractivity contribution in [3.63, 3.8) is 0 Å². The molecule has 2 rings (SSSR count). The lowest BCUT2D eigenvalue weighted by atomic mass is 9.82. The molecule has 3 heteroatoms. The summed E-state index contributed by atoms with van der Waals surface area (Å²) in [6, 6.07) is 4.90. The molecule has 0 bridgehead atoms. The average Bonchev–Trinajstić information content (AvgIpc) is 2.91. The van der Waals surface area contributed by atoms with Crippen LogP contribution in [0, 0.1) is 5.41 Å². The fraction of sp³-hybridized carbons (Fsp3) is 0.706.